The van der Waals surface area contributed by atoms with Crippen molar-refractivity contribution in [2.45, 2.75) is 71.1 Å². The summed E-state index contributed by atoms with van der Waals surface area (Å²) < 4.78 is 0. The third-order valence-corrected chi connectivity index (χ3v) is 3.06. The average molecular weight is 260 g/mol. The molecule has 0 heteroatoms. The van der Waals surface area contributed by atoms with Gasteiger partial charge in [-0.25, -0.2) is 0 Å². The Morgan fingerprint density at radius 1 is 0.632 bits per heavy atom. The fraction of sp³-hybridized carbons (Fsp3) is 0.579. The summed E-state index contributed by atoms with van der Waals surface area (Å²) in [7, 11) is 0. The van der Waals surface area contributed by atoms with Crippen molar-refractivity contribution >= 4 is 0 Å². The second-order valence-corrected chi connectivity index (χ2v) is 4.93. The molecular weight excluding hydrogens is 228 g/mol. The maximum absolute atomic E-state index is 3.75. The molecule has 0 aromatic rings. The Labute approximate surface area is 121 Å². The van der Waals surface area contributed by atoms with Crippen LogP contribution in [0.5, 0.6) is 0 Å². The maximum atomic E-state index is 3.75. The molecule has 19 heavy (non-hydrogen) atoms. The maximum Gasteiger partial charge on any atom is -0.0169 e. The summed E-state index contributed by atoms with van der Waals surface area (Å²) in [5, 5.41) is 0. The second kappa shape index (κ2) is 17.0. The van der Waals surface area contributed by atoms with Gasteiger partial charge in [0.25, 0.3) is 0 Å². The van der Waals surface area contributed by atoms with E-state index in [1.807, 2.05) is 6.08 Å². The summed E-state index contributed by atoms with van der Waals surface area (Å²) in [4.78, 5) is 0. The molecule has 0 saturated carbocycles. The first kappa shape index (κ1) is 18.0. The molecule has 0 N–H and O–H groups in total. The summed E-state index contributed by atoms with van der Waals surface area (Å²) in [6, 6.07) is 0. The number of rotatable bonds is 13. The van der Waals surface area contributed by atoms with Crippen LogP contribution >= 0.6 is 0 Å². The van der Waals surface area contributed by atoms with Gasteiger partial charge in [0.2, 0.25) is 0 Å². The van der Waals surface area contributed by atoms with E-state index in [9.17, 15) is 0 Å². The van der Waals surface area contributed by atoms with Crippen molar-refractivity contribution in [1.82, 2.24) is 0 Å². The zero-order chi connectivity index (χ0) is 14.0. The summed E-state index contributed by atoms with van der Waals surface area (Å²) in [5.74, 6) is 0. The van der Waals surface area contributed by atoms with Crippen molar-refractivity contribution < 1.29 is 0 Å². The highest BCUT2D eigenvalue weighted by atomic mass is 13.9. The monoisotopic (exact) mass is 260 g/mol. The molecule has 0 radical (unpaired) electrons. The third kappa shape index (κ3) is 17.0. The van der Waals surface area contributed by atoms with Gasteiger partial charge in [0.15, 0.2) is 0 Å². The molecule has 0 aliphatic rings. The smallest absolute Gasteiger partial charge is 0.0169 e. The molecule has 0 unspecified atom stereocenters. The van der Waals surface area contributed by atoms with Crippen LogP contribution in [0.2, 0.25) is 0 Å². The second-order valence-electron chi connectivity index (χ2n) is 4.93. The Morgan fingerprint density at radius 2 is 1.16 bits per heavy atom. The molecule has 0 heterocycles. The van der Waals surface area contributed by atoms with E-state index in [-0.39, 0.29) is 0 Å². The Morgan fingerprint density at radius 3 is 1.79 bits per heavy atom. The van der Waals surface area contributed by atoms with Gasteiger partial charge in [0.1, 0.15) is 0 Å². The van der Waals surface area contributed by atoms with Crippen molar-refractivity contribution in [2.75, 3.05) is 0 Å². The molecule has 0 spiro atoms. The van der Waals surface area contributed by atoms with Crippen LogP contribution in [0.4, 0.5) is 0 Å². The fourth-order valence-corrected chi connectivity index (χ4v) is 1.91. The van der Waals surface area contributed by atoms with E-state index in [0.717, 1.165) is 19.3 Å². The molecule has 0 aromatic heterocycles. The normalized spacial score (nSPS) is 12.1. The number of hydrogen-bond donors (Lipinski definition) is 0. The van der Waals surface area contributed by atoms with Gasteiger partial charge in [-0.05, 0) is 44.9 Å². The molecule has 108 valence electrons. The van der Waals surface area contributed by atoms with Gasteiger partial charge in [-0.15, -0.1) is 6.58 Å². The van der Waals surface area contributed by atoms with Crippen molar-refractivity contribution in [1.29, 1.82) is 0 Å². The zero-order valence-electron chi connectivity index (χ0n) is 12.8. The van der Waals surface area contributed by atoms with E-state index in [1.165, 1.54) is 44.9 Å². The largest absolute Gasteiger partial charge is 0.103 e. The van der Waals surface area contributed by atoms with Crippen molar-refractivity contribution in [2.24, 2.45) is 0 Å². The summed E-state index contributed by atoms with van der Waals surface area (Å²) >= 11 is 0. The Kier molecular flexibility index (Phi) is 16.0. The minimum Gasteiger partial charge on any atom is -0.103 e. The van der Waals surface area contributed by atoms with Gasteiger partial charge < -0.3 is 0 Å². The van der Waals surface area contributed by atoms with Crippen LogP contribution in [0.15, 0.2) is 49.1 Å². The predicted molar refractivity (Wildman–Crippen MR) is 89.5 cm³/mol. The van der Waals surface area contributed by atoms with Gasteiger partial charge in [-0.2, -0.15) is 0 Å². The molecule has 0 aromatic carbocycles. The molecule has 0 amide bonds. The summed E-state index contributed by atoms with van der Waals surface area (Å²) in [5.41, 5.74) is 0. The SMILES string of the molecule is C=CCCCCCCC/C=C\C/C=C\C/C=C\CC. The minimum atomic E-state index is 1.08. The van der Waals surface area contributed by atoms with E-state index >= 15 is 0 Å². The lowest BCUT2D eigenvalue weighted by atomic mass is 10.1. The van der Waals surface area contributed by atoms with E-state index in [0.29, 0.717) is 0 Å². The Hall–Kier alpha value is -1.04. The van der Waals surface area contributed by atoms with E-state index in [1.54, 1.807) is 0 Å². The van der Waals surface area contributed by atoms with Gasteiger partial charge in [0, 0.05) is 0 Å². The lowest BCUT2D eigenvalue weighted by Gasteiger charge is -1.97. The lowest BCUT2D eigenvalue weighted by Crippen LogP contribution is -1.77. The van der Waals surface area contributed by atoms with E-state index < -0.39 is 0 Å². The summed E-state index contributed by atoms with van der Waals surface area (Å²) in [6.07, 6.45) is 28.1. The number of hydrogen-bond acceptors (Lipinski definition) is 0. The van der Waals surface area contributed by atoms with Gasteiger partial charge in [-0.1, -0.05) is 68.7 Å². The summed E-state index contributed by atoms with van der Waals surface area (Å²) in [6.45, 7) is 5.91. The molecule has 0 aliphatic heterocycles. The van der Waals surface area contributed by atoms with Crippen molar-refractivity contribution in [3.05, 3.63) is 49.1 Å². The van der Waals surface area contributed by atoms with Crippen molar-refractivity contribution in [3.8, 4) is 0 Å². The topological polar surface area (TPSA) is 0 Å². The van der Waals surface area contributed by atoms with E-state index in [2.05, 4.69) is 50.0 Å². The molecule has 0 nitrogen and oxygen atoms in total. The van der Waals surface area contributed by atoms with Gasteiger partial charge >= 0.3 is 0 Å². The Bertz CT molecular complexity index is 255. The highest BCUT2D eigenvalue weighted by molar-refractivity contribution is 4.96. The van der Waals surface area contributed by atoms with Crippen LogP contribution in [0.1, 0.15) is 71.1 Å². The molecule has 0 saturated heterocycles. The Balaban J connectivity index is 3.21. The van der Waals surface area contributed by atoms with Crippen molar-refractivity contribution in [3.63, 3.8) is 0 Å². The highest BCUT2D eigenvalue weighted by Gasteiger charge is 1.88. The molecule has 0 bridgehead atoms. The van der Waals surface area contributed by atoms with Crippen LogP contribution in [0.3, 0.4) is 0 Å². The number of unbranched alkanes of at least 4 members (excludes halogenated alkanes) is 6. The third-order valence-electron chi connectivity index (χ3n) is 3.06. The van der Waals surface area contributed by atoms with Crippen LogP contribution in [0, 0.1) is 0 Å². The molecule has 0 aliphatic carbocycles. The predicted octanol–water partition coefficient (Wildman–Crippen LogP) is 6.76. The van der Waals surface area contributed by atoms with E-state index in [4.69, 9.17) is 0 Å². The van der Waals surface area contributed by atoms with Crippen LogP contribution in [0.25, 0.3) is 0 Å². The first-order valence-electron chi connectivity index (χ1n) is 7.97. The number of allylic oxidation sites excluding steroid dienone is 7. The fourth-order valence-electron chi connectivity index (χ4n) is 1.91. The van der Waals surface area contributed by atoms with Gasteiger partial charge in [-0.3, -0.25) is 0 Å². The first-order valence-corrected chi connectivity index (χ1v) is 7.97. The minimum absolute atomic E-state index is 1.08. The first-order chi connectivity index (χ1) is 9.41. The van der Waals surface area contributed by atoms with Crippen LogP contribution < -0.4 is 0 Å². The highest BCUT2D eigenvalue weighted by Crippen LogP contribution is 2.07. The molecule has 0 atom stereocenters. The zero-order valence-corrected chi connectivity index (χ0v) is 12.8. The molecule has 0 fully saturated rings. The van der Waals surface area contributed by atoms with Crippen LogP contribution in [-0.4, -0.2) is 0 Å². The standard InChI is InChI=1S/C19H32/c1-3-5-7-9-11-13-15-17-19-18-16-14-12-10-8-6-4-2/h3,6,8,12,14,18-19H,1,4-5,7,9-11,13,15-17H2,2H3/b8-6-,14-12-,19-18-. The van der Waals surface area contributed by atoms with Crippen LogP contribution in [-0.2, 0) is 0 Å². The lowest BCUT2D eigenvalue weighted by molar-refractivity contribution is 0.622. The average Bonchev–Trinajstić information content (AvgIpc) is 2.43. The molecular formula is C19H32. The molecule has 0 rings (SSSR count). The quantitative estimate of drug-likeness (QED) is 0.253. The van der Waals surface area contributed by atoms with Gasteiger partial charge in [0.05, 0.1) is 0 Å².